The number of rotatable bonds is 5. The lowest BCUT2D eigenvalue weighted by Gasteiger charge is -2.13. The number of carbonyl (C=O) groups excluding carboxylic acids is 2. The first-order chi connectivity index (χ1) is 17.0. The summed E-state index contributed by atoms with van der Waals surface area (Å²) in [4.78, 5) is 45.5. The number of aryl methyl sites for hydroxylation is 2. The predicted octanol–water partition coefficient (Wildman–Crippen LogP) is 5.45. The van der Waals surface area contributed by atoms with E-state index in [0.29, 0.717) is 26.8 Å². The van der Waals surface area contributed by atoms with E-state index in [-0.39, 0.29) is 29.4 Å². The largest absolute Gasteiger partial charge is 0.325 e. The van der Waals surface area contributed by atoms with Gasteiger partial charge in [-0.3, -0.25) is 19.0 Å². The topological polar surface area (TPSA) is 81.1 Å². The van der Waals surface area contributed by atoms with E-state index in [4.69, 9.17) is 16.6 Å². The molecule has 176 valence electrons. The molecular weight excluding hydrogens is 502 g/mol. The Kier molecular flexibility index (Phi) is 5.75. The molecule has 0 fully saturated rings. The molecule has 0 saturated heterocycles. The van der Waals surface area contributed by atoms with Crippen LogP contribution in [-0.2, 0) is 24.1 Å². The summed E-state index contributed by atoms with van der Waals surface area (Å²) in [7, 11) is 0. The second kappa shape index (κ2) is 8.93. The first-order valence-corrected chi connectivity index (χ1v) is 13.6. The minimum absolute atomic E-state index is 0.0652. The molecule has 9 heteroatoms. The van der Waals surface area contributed by atoms with E-state index in [0.717, 1.165) is 47.3 Å². The number of Topliss-reactive ketones (excluding diaryl/α,β-unsaturated/α-hetero) is 1. The molecule has 0 atom stereocenters. The fourth-order valence-corrected chi connectivity index (χ4v) is 7.23. The van der Waals surface area contributed by atoms with Gasteiger partial charge in [-0.1, -0.05) is 41.6 Å². The van der Waals surface area contributed by atoms with Gasteiger partial charge < -0.3 is 5.32 Å². The van der Waals surface area contributed by atoms with Gasteiger partial charge in [0.1, 0.15) is 4.83 Å². The summed E-state index contributed by atoms with van der Waals surface area (Å²) in [6.07, 6.45) is 4.33. The summed E-state index contributed by atoms with van der Waals surface area (Å²) in [5.74, 6) is -0.227. The van der Waals surface area contributed by atoms with E-state index in [1.54, 1.807) is 28.0 Å². The van der Waals surface area contributed by atoms with Crippen molar-refractivity contribution >= 4 is 62.3 Å². The monoisotopic (exact) mass is 521 g/mol. The van der Waals surface area contributed by atoms with Crippen LogP contribution in [-0.4, -0.2) is 27.0 Å². The third-order valence-corrected chi connectivity index (χ3v) is 8.86. The van der Waals surface area contributed by atoms with Crippen molar-refractivity contribution in [2.75, 3.05) is 11.1 Å². The Bertz CT molecular complexity index is 1580. The molecule has 1 aliphatic carbocycles. The van der Waals surface area contributed by atoms with Crippen LogP contribution < -0.4 is 10.9 Å². The molecule has 0 saturated carbocycles. The van der Waals surface area contributed by atoms with Gasteiger partial charge >= 0.3 is 0 Å². The molecular formula is C26H20ClN3O3S2. The Balaban J connectivity index is 1.39. The third-order valence-electron chi connectivity index (χ3n) is 6.42. The summed E-state index contributed by atoms with van der Waals surface area (Å²) in [6, 6.07) is 12.7. The molecule has 1 amide bonds. The zero-order chi connectivity index (χ0) is 24.1. The average molecular weight is 522 g/mol. The molecule has 6 nitrogen and oxygen atoms in total. The molecule has 2 aromatic heterocycles. The Hall–Kier alpha value is -2.94. The number of fused-ring (bicyclic) bond motifs is 4. The highest BCUT2D eigenvalue weighted by atomic mass is 35.5. The van der Waals surface area contributed by atoms with Crippen molar-refractivity contribution in [1.29, 1.82) is 0 Å². The van der Waals surface area contributed by atoms with Gasteiger partial charge in [-0.2, -0.15) is 0 Å². The van der Waals surface area contributed by atoms with Gasteiger partial charge in [-0.25, -0.2) is 4.98 Å². The van der Waals surface area contributed by atoms with E-state index in [1.165, 1.54) is 16.6 Å². The van der Waals surface area contributed by atoms with Gasteiger partial charge in [0, 0.05) is 16.1 Å². The molecule has 35 heavy (non-hydrogen) atoms. The Morgan fingerprint density at radius 3 is 2.77 bits per heavy atom. The number of para-hydroxylation sites is 1. The molecule has 3 heterocycles. The molecule has 6 rings (SSSR count). The highest BCUT2D eigenvalue weighted by Gasteiger charge is 2.25. The van der Waals surface area contributed by atoms with Crippen LogP contribution in [0.3, 0.4) is 0 Å². The van der Waals surface area contributed by atoms with E-state index >= 15 is 0 Å². The van der Waals surface area contributed by atoms with Crippen LogP contribution in [0, 0.1) is 0 Å². The quantitative estimate of drug-likeness (QED) is 0.214. The standard InChI is InChI=1S/C26H20ClN3O3S2/c27-18-12-19-14(11-22(32)28-19)10-17(18)20(31)13-34-26-29-24-23(16-8-4-5-9-21(16)35-24)25(33)30(26)15-6-2-1-3-7-15/h1-3,6-7,10,12H,4-5,8-9,11,13H2,(H,28,32). The maximum absolute atomic E-state index is 13.8. The molecule has 4 aromatic rings. The summed E-state index contributed by atoms with van der Waals surface area (Å²) >= 11 is 9.20. The molecule has 0 bridgehead atoms. The number of carbonyl (C=O) groups is 2. The van der Waals surface area contributed by atoms with Crippen LogP contribution in [0.15, 0.2) is 52.4 Å². The predicted molar refractivity (Wildman–Crippen MR) is 141 cm³/mol. The highest BCUT2D eigenvalue weighted by molar-refractivity contribution is 7.99. The molecule has 0 spiro atoms. The lowest BCUT2D eigenvalue weighted by atomic mass is 9.97. The van der Waals surface area contributed by atoms with Crippen molar-refractivity contribution in [3.63, 3.8) is 0 Å². The van der Waals surface area contributed by atoms with Crippen molar-refractivity contribution in [2.24, 2.45) is 0 Å². The highest BCUT2D eigenvalue weighted by Crippen LogP contribution is 2.36. The molecule has 2 aromatic carbocycles. The van der Waals surface area contributed by atoms with Crippen LogP contribution in [0.2, 0.25) is 5.02 Å². The SMILES string of the molecule is O=C1Cc2cc(C(=O)CSc3nc4sc5c(c4c(=O)n3-c3ccccc3)CCCC5)c(Cl)cc2N1. The molecule has 1 aliphatic heterocycles. The summed E-state index contributed by atoms with van der Waals surface area (Å²) < 4.78 is 1.62. The van der Waals surface area contributed by atoms with E-state index in [9.17, 15) is 14.4 Å². The second-order valence-electron chi connectivity index (χ2n) is 8.69. The number of thiophene rings is 1. The van der Waals surface area contributed by atoms with Crippen LogP contribution in [0.4, 0.5) is 5.69 Å². The maximum atomic E-state index is 13.8. The number of thioether (sulfide) groups is 1. The first kappa shape index (κ1) is 22.5. The van der Waals surface area contributed by atoms with Gasteiger partial charge in [0.05, 0.1) is 28.3 Å². The zero-order valence-corrected chi connectivity index (χ0v) is 21.0. The lowest BCUT2D eigenvalue weighted by Crippen LogP contribution is -2.22. The van der Waals surface area contributed by atoms with Gasteiger partial charge in [-0.15, -0.1) is 11.3 Å². The van der Waals surface area contributed by atoms with Gasteiger partial charge in [0.15, 0.2) is 10.9 Å². The molecule has 0 unspecified atom stereocenters. The van der Waals surface area contributed by atoms with Crippen molar-refractivity contribution in [1.82, 2.24) is 9.55 Å². The van der Waals surface area contributed by atoms with Crippen molar-refractivity contribution in [3.05, 3.63) is 79.4 Å². The first-order valence-electron chi connectivity index (χ1n) is 11.4. The zero-order valence-electron chi connectivity index (χ0n) is 18.6. The fraction of sp³-hybridized carbons (Fsp3) is 0.231. The summed E-state index contributed by atoms with van der Waals surface area (Å²) in [5.41, 5.74) is 3.55. The summed E-state index contributed by atoms with van der Waals surface area (Å²) in [6.45, 7) is 0. The van der Waals surface area contributed by atoms with Crippen molar-refractivity contribution in [2.45, 2.75) is 37.3 Å². The van der Waals surface area contributed by atoms with Crippen LogP contribution in [0.25, 0.3) is 15.9 Å². The number of hydrogen-bond donors (Lipinski definition) is 1. The molecule has 0 radical (unpaired) electrons. The minimum Gasteiger partial charge on any atom is -0.325 e. The van der Waals surface area contributed by atoms with Crippen LogP contribution in [0.1, 0.15) is 39.2 Å². The Morgan fingerprint density at radius 1 is 1.14 bits per heavy atom. The van der Waals surface area contributed by atoms with Gasteiger partial charge in [-0.05, 0) is 61.1 Å². The Labute approximate surface area is 214 Å². The van der Waals surface area contributed by atoms with Crippen molar-refractivity contribution in [3.8, 4) is 5.69 Å². The van der Waals surface area contributed by atoms with Crippen molar-refractivity contribution < 1.29 is 9.59 Å². The van der Waals surface area contributed by atoms with E-state index in [2.05, 4.69) is 5.32 Å². The van der Waals surface area contributed by atoms with Crippen LogP contribution >= 0.6 is 34.7 Å². The number of nitrogens with zero attached hydrogens (tertiary/aromatic N) is 2. The summed E-state index contributed by atoms with van der Waals surface area (Å²) in [5, 5.41) is 4.23. The van der Waals surface area contributed by atoms with Gasteiger partial charge in [0.25, 0.3) is 5.56 Å². The average Bonchev–Trinajstić information content (AvgIpc) is 3.41. The number of amides is 1. The number of hydrogen-bond acceptors (Lipinski definition) is 6. The molecule has 1 N–H and O–H groups in total. The number of ketones is 1. The Morgan fingerprint density at radius 2 is 1.94 bits per heavy atom. The third kappa shape index (κ3) is 3.99. The molecule has 2 aliphatic rings. The second-order valence-corrected chi connectivity index (χ2v) is 11.1. The number of halogens is 1. The number of anilines is 1. The normalized spacial score (nSPS) is 14.6. The number of aromatic nitrogens is 2. The lowest BCUT2D eigenvalue weighted by molar-refractivity contribution is -0.115. The number of nitrogens with one attached hydrogen (secondary N) is 1. The number of benzene rings is 2. The van der Waals surface area contributed by atoms with Gasteiger partial charge in [0.2, 0.25) is 5.91 Å². The minimum atomic E-state index is -0.179. The fourth-order valence-electron chi connectivity index (χ4n) is 4.76. The van der Waals surface area contributed by atoms with E-state index in [1.807, 2.05) is 30.3 Å². The maximum Gasteiger partial charge on any atom is 0.267 e. The van der Waals surface area contributed by atoms with E-state index < -0.39 is 0 Å². The smallest absolute Gasteiger partial charge is 0.267 e. The van der Waals surface area contributed by atoms with Crippen LogP contribution in [0.5, 0.6) is 0 Å².